The van der Waals surface area contributed by atoms with E-state index in [1.165, 1.54) is 57.8 Å². The summed E-state index contributed by atoms with van der Waals surface area (Å²) in [5.41, 5.74) is 0. The lowest BCUT2D eigenvalue weighted by atomic mass is 10.1. The molecule has 156 valence electrons. The third kappa shape index (κ3) is 15.6. The molecule has 4 nitrogen and oxygen atoms in total. The SMILES string of the molecule is CCCCCCCCCCCC(C)OCC(O)COC(=O)C(C)CCC. The Morgan fingerprint density at radius 2 is 1.38 bits per heavy atom. The van der Waals surface area contributed by atoms with Crippen LogP contribution in [0.25, 0.3) is 0 Å². The number of ether oxygens (including phenoxy) is 2. The molecule has 1 N–H and O–H groups in total. The summed E-state index contributed by atoms with van der Waals surface area (Å²) in [4.78, 5) is 11.7. The molecule has 3 atom stereocenters. The molecule has 0 saturated heterocycles. The molecule has 0 saturated carbocycles. The van der Waals surface area contributed by atoms with Gasteiger partial charge in [0.1, 0.15) is 12.7 Å². The summed E-state index contributed by atoms with van der Waals surface area (Å²) in [6.07, 6.45) is 14.1. The molecule has 0 fully saturated rings. The van der Waals surface area contributed by atoms with E-state index in [-0.39, 0.29) is 31.2 Å². The van der Waals surface area contributed by atoms with E-state index in [1.807, 2.05) is 20.8 Å². The summed E-state index contributed by atoms with van der Waals surface area (Å²) in [6, 6.07) is 0. The second-order valence-corrected chi connectivity index (χ2v) is 7.73. The Bertz CT molecular complexity index is 319. The number of unbranched alkanes of at least 4 members (excludes halogenated alkanes) is 8. The maximum Gasteiger partial charge on any atom is 0.308 e. The van der Waals surface area contributed by atoms with Crippen molar-refractivity contribution in [1.29, 1.82) is 0 Å². The van der Waals surface area contributed by atoms with Crippen LogP contribution in [0.4, 0.5) is 0 Å². The van der Waals surface area contributed by atoms with Crippen molar-refractivity contribution in [2.75, 3.05) is 13.2 Å². The van der Waals surface area contributed by atoms with Crippen molar-refractivity contribution in [3.63, 3.8) is 0 Å². The number of hydrogen-bond donors (Lipinski definition) is 1. The van der Waals surface area contributed by atoms with E-state index in [0.717, 1.165) is 19.3 Å². The zero-order valence-corrected chi connectivity index (χ0v) is 17.8. The molecule has 0 radical (unpaired) electrons. The van der Waals surface area contributed by atoms with Crippen LogP contribution in [0.5, 0.6) is 0 Å². The molecule has 0 aliphatic heterocycles. The highest BCUT2D eigenvalue weighted by molar-refractivity contribution is 5.71. The summed E-state index contributed by atoms with van der Waals surface area (Å²) in [6.45, 7) is 8.46. The van der Waals surface area contributed by atoms with Crippen LogP contribution in [0.2, 0.25) is 0 Å². The largest absolute Gasteiger partial charge is 0.463 e. The lowest BCUT2D eigenvalue weighted by Gasteiger charge is -2.17. The monoisotopic (exact) mass is 372 g/mol. The van der Waals surface area contributed by atoms with Crippen molar-refractivity contribution < 1.29 is 19.4 Å². The summed E-state index contributed by atoms with van der Waals surface area (Å²) in [7, 11) is 0. The van der Waals surface area contributed by atoms with Crippen molar-refractivity contribution in [2.45, 2.75) is 117 Å². The summed E-state index contributed by atoms with van der Waals surface area (Å²) in [5.74, 6) is -0.327. The number of aliphatic hydroxyl groups is 1. The maximum atomic E-state index is 11.7. The smallest absolute Gasteiger partial charge is 0.308 e. The topological polar surface area (TPSA) is 55.8 Å². The predicted molar refractivity (Wildman–Crippen MR) is 108 cm³/mol. The number of carbonyl (C=O) groups excluding carboxylic acids is 1. The molecule has 0 heterocycles. The van der Waals surface area contributed by atoms with Gasteiger partial charge in [0.2, 0.25) is 0 Å². The Morgan fingerprint density at radius 3 is 1.96 bits per heavy atom. The Kier molecular flexibility index (Phi) is 17.4. The van der Waals surface area contributed by atoms with E-state index in [0.29, 0.717) is 0 Å². The normalized spacial score (nSPS) is 14.8. The second-order valence-electron chi connectivity index (χ2n) is 7.73. The lowest BCUT2D eigenvalue weighted by Crippen LogP contribution is -2.27. The highest BCUT2D eigenvalue weighted by atomic mass is 16.5. The fraction of sp³-hybridized carbons (Fsp3) is 0.955. The minimum atomic E-state index is -0.738. The minimum Gasteiger partial charge on any atom is -0.463 e. The van der Waals surface area contributed by atoms with Crippen LogP contribution >= 0.6 is 0 Å². The molecule has 0 spiro atoms. The third-order valence-electron chi connectivity index (χ3n) is 4.83. The molecule has 3 unspecified atom stereocenters. The molecule has 0 aromatic rings. The number of carbonyl (C=O) groups is 1. The van der Waals surface area contributed by atoms with Crippen molar-refractivity contribution in [1.82, 2.24) is 0 Å². The fourth-order valence-electron chi connectivity index (χ4n) is 3.02. The molecular formula is C22H44O4. The van der Waals surface area contributed by atoms with Gasteiger partial charge in [0.15, 0.2) is 0 Å². The number of esters is 1. The highest BCUT2D eigenvalue weighted by Gasteiger charge is 2.16. The molecule has 4 heteroatoms. The molecule has 0 bridgehead atoms. The van der Waals surface area contributed by atoms with E-state index in [2.05, 4.69) is 6.92 Å². The van der Waals surface area contributed by atoms with Crippen LogP contribution in [0.15, 0.2) is 0 Å². The van der Waals surface area contributed by atoms with Crippen LogP contribution in [0.3, 0.4) is 0 Å². The van der Waals surface area contributed by atoms with Gasteiger partial charge in [0.05, 0.1) is 18.6 Å². The van der Waals surface area contributed by atoms with Crippen molar-refractivity contribution >= 4 is 5.97 Å². The number of aliphatic hydroxyl groups excluding tert-OH is 1. The molecule has 0 aromatic carbocycles. The van der Waals surface area contributed by atoms with Gasteiger partial charge in [-0.25, -0.2) is 0 Å². The van der Waals surface area contributed by atoms with Crippen molar-refractivity contribution in [3.8, 4) is 0 Å². The van der Waals surface area contributed by atoms with Gasteiger partial charge in [-0.2, -0.15) is 0 Å². The average molecular weight is 373 g/mol. The van der Waals surface area contributed by atoms with Gasteiger partial charge in [-0.1, -0.05) is 85.0 Å². The average Bonchev–Trinajstić information content (AvgIpc) is 2.63. The van der Waals surface area contributed by atoms with Crippen molar-refractivity contribution in [3.05, 3.63) is 0 Å². The van der Waals surface area contributed by atoms with Gasteiger partial charge in [0, 0.05) is 0 Å². The Hall–Kier alpha value is -0.610. The maximum absolute atomic E-state index is 11.7. The lowest BCUT2D eigenvalue weighted by molar-refractivity contribution is -0.152. The van der Waals surface area contributed by atoms with Crippen molar-refractivity contribution in [2.24, 2.45) is 5.92 Å². The number of rotatable bonds is 18. The fourth-order valence-corrected chi connectivity index (χ4v) is 3.02. The molecule has 0 amide bonds. The third-order valence-corrected chi connectivity index (χ3v) is 4.83. The van der Waals surface area contributed by atoms with Gasteiger partial charge in [-0.05, 0) is 19.8 Å². The van der Waals surface area contributed by atoms with E-state index in [4.69, 9.17) is 9.47 Å². The molecular weight excluding hydrogens is 328 g/mol. The zero-order chi connectivity index (χ0) is 19.6. The Labute approximate surface area is 162 Å². The molecule has 26 heavy (non-hydrogen) atoms. The molecule has 0 aliphatic rings. The van der Waals surface area contributed by atoms with Gasteiger partial charge >= 0.3 is 5.97 Å². The van der Waals surface area contributed by atoms with Crippen LogP contribution in [-0.2, 0) is 14.3 Å². The van der Waals surface area contributed by atoms with Crippen LogP contribution in [0, 0.1) is 5.92 Å². The van der Waals surface area contributed by atoms with E-state index in [1.54, 1.807) is 0 Å². The first-order valence-corrected chi connectivity index (χ1v) is 11.0. The zero-order valence-electron chi connectivity index (χ0n) is 17.8. The molecule has 0 aliphatic carbocycles. The molecule has 0 aromatic heterocycles. The summed E-state index contributed by atoms with van der Waals surface area (Å²) >= 11 is 0. The van der Waals surface area contributed by atoms with Crippen LogP contribution < -0.4 is 0 Å². The quantitative estimate of drug-likeness (QED) is 0.249. The minimum absolute atomic E-state index is 0.0254. The first kappa shape index (κ1) is 25.4. The van der Waals surface area contributed by atoms with Gasteiger partial charge in [-0.15, -0.1) is 0 Å². The van der Waals surface area contributed by atoms with Gasteiger partial charge in [0.25, 0.3) is 0 Å². The van der Waals surface area contributed by atoms with E-state index < -0.39 is 6.10 Å². The summed E-state index contributed by atoms with van der Waals surface area (Å²) < 4.78 is 10.8. The van der Waals surface area contributed by atoms with E-state index >= 15 is 0 Å². The first-order chi connectivity index (χ1) is 12.5. The van der Waals surface area contributed by atoms with Crippen LogP contribution in [-0.4, -0.2) is 36.5 Å². The standard InChI is InChI=1S/C22H44O4/c1-5-7-8-9-10-11-12-13-14-16-20(4)25-17-21(23)18-26-22(24)19(3)15-6-2/h19-21,23H,5-18H2,1-4H3. The van der Waals surface area contributed by atoms with Gasteiger partial charge < -0.3 is 14.6 Å². The predicted octanol–water partition coefficient (Wildman–Crippen LogP) is 5.65. The molecule has 0 rings (SSSR count). The highest BCUT2D eigenvalue weighted by Crippen LogP contribution is 2.12. The Balaban J connectivity index is 3.52. The summed E-state index contributed by atoms with van der Waals surface area (Å²) in [5, 5.41) is 9.89. The van der Waals surface area contributed by atoms with Gasteiger partial charge in [-0.3, -0.25) is 4.79 Å². The van der Waals surface area contributed by atoms with E-state index in [9.17, 15) is 9.90 Å². The second kappa shape index (κ2) is 17.8. The number of hydrogen-bond acceptors (Lipinski definition) is 4. The first-order valence-electron chi connectivity index (χ1n) is 11.0. The van der Waals surface area contributed by atoms with Crippen LogP contribution in [0.1, 0.15) is 105 Å². The Morgan fingerprint density at radius 1 is 0.808 bits per heavy atom.